The minimum atomic E-state index is 0. The van der Waals surface area contributed by atoms with Crippen LogP contribution in [0.15, 0.2) is 33.8 Å². The summed E-state index contributed by atoms with van der Waals surface area (Å²) in [5, 5.41) is 10.5. The molecule has 1 heterocycles. The Labute approximate surface area is 172 Å². The van der Waals surface area contributed by atoms with Gasteiger partial charge in [0.2, 0.25) is 0 Å². The van der Waals surface area contributed by atoms with Gasteiger partial charge in [0.1, 0.15) is 0 Å². The highest BCUT2D eigenvalue weighted by Crippen LogP contribution is 2.18. The van der Waals surface area contributed by atoms with Crippen LogP contribution in [0, 0.1) is 0 Å². The minimum absolute atomic E-state index is 0. The van der Waals surface area contributed by atoms with Gasteiger partial charge in [-0.15, -0.1) is 24.0 Å². The number of benzene rings is 1. The van der Waals surface area contributed by atoms with E-state index in [0.29, 0.717) is 5.89 Å². The van der Waals surface area contributed by atoms with Crippen LogP contribution in [0.1, 0.15) is 24.7 Å². The lowest BCUT2D eigenvalue weighted by molar-refractivity contribution is 0.195. The molecule has 144 valence electrons. The van der Waals surface area contributed by atoms with Crippen molar-refractivity contribution in [1.29, 1.82) is 0 Å². The summed E-state index contributed by atoms with van der Waals surface area (Å²) in [7, 11) is 3.48. The van der Waals surface area contributed by atoms with Gasteiger partial charge in [0.25, 0.3) is 5.89 Å². The van der Waals surface area contributed by atoms with Crippen LogP contribution in [0.2, 0.25) is 0 Å². The molecule has 0 atom stereocenters. The maximum absolute atomic E-state index is 5.26. The normalized spacial score (nSPS) is 11.1. The molecule has 0 saturated heterocycles. The predicted molar refractivity (Wildman–Crippen MR) is 114 cm³/mol. The third kappa shape index (κ3) is 7.28. The molecule has 26 heavy (non-hydrogen) atoms. The van der Waals surface area contributed by atoms with Crippen molar-refractivity contribution in [3.63, 3.8) is 0 Å². The zero-order valence-corrected chi connectivity index (χ0v) is 17.9. The molecule has 0 amide bonds. The maximum Gasteiger partial charge on any atom is 0.257 e. The predicted octanol–water partition coefficient (Wildman–Crippen LogP) is 2.66. The number of guanidine groups is 1. The number of nitrogens with one attached hydrogen (secondary N) is 2. The lowest BCUT2D eigenvalue weighted by Crippen LogP contribution is -2.38. The molecular formula is C18H28IN5O2. The molecule has 0 aliphatic carbocycles. The lowest BCUT2D eigenvalue weighted by atomic mass is 10.1. The molecule has 7 nitrogen and oxygen atoms in total. The summed E-state index contributed by atoms with van der Waals surface area (Å²) in [5.41, 5.74) is 2.18. The highest BCUT2D eigenvalue weighted by atomic mass is 127. The van der Waals surface area contributed by atoms with Crippen LogP contribution < -0.4 is 10.6 Å². The SMILES string of the molecule is CCc1noc(-c2ccc(CCNC(=NC)NCCCOC)cc2)n1.I. The van der Waals surface area contributed by atoms with E-state index in [1.165, 1.54) is 5.56 Å². The largest absolute Gasteiger partial charge is 0.385 e. The molecule has 0 aliphatic rings. The molecule has 2 rings (SSSR count). The number of nitrogens with zero attached hydrogens (tertiary/aromatic N) is 3. The Bertz CT molecular complexity index is 658. The average Bonchev–Trinajstić information content (AvgIpc) is 3.13. The van der Waals surface area contributed by atoms with E-state index in [2.05, 4.69) is 37.9 Å². The van der Waals surface area contributed by atoms with Crippen LogP contribution in [0.25, 0.3) is 11.5 Å². The summed E-state index contributed by atoms with van der Waals surface area (Å²) in [5.74, 6) is 2.11. The smallest absolute Gasteiger partial charge is 0.257 e. The Morgan fingerprint density at radius 2 is 1.92 bits per heavy atom. The standard InChI is InChI=1S/C18H27N5O2.HI/c1-4-16-22-17(25-23-16)15-8-6-14(7-9-15)10-12-21-18(19-2)20-11-5-13-24-3;/h6-9H,4-5,10-13H2,1-3H3,(H2,19,20,21);1H. The summed E-state index contributed by atoms with van der Waals surface area (Å²) in [4.78, 5) is 8.55. The van der Waals surface area contributed by atoms with E-state index in [0.717, 1.165) is 56.3 Å². The second-order valence-electron chi connectivity index (χ2n) is 5.59. The van der Waals surface area contributed by atoms with E-state index >= 15 is 0 Å². The summed E-state index contributed by atoms with van der Waals surface area (Å²) in [6.45, 7) is 4.40. The van der Waals surface area contributed by atoms with E-state index in [4.69, 9.17) is 9.26 Å². The topological polar surface area (TPSA) is 84.6 Å². The van der Waals surface area contributed by atoms with E-state index in [1.54, 1.807) is 14.2 Å². The Morgan fingerprint density at radius 3 is 2.54 bits per heavy atom. The van der Waals surface area contributed by atoms with Crippen LogP contribution in [-0.2, 0) is 17.6 Å². The highest BCUT2D eigenvalue weighted by molar-refractivity contribution is 14.0. The molecule has 0 unspecified atom stereocenters. The Balaban J connectivity index is 0.00000338. The molecule has 0 fully saturated rings. The van der Waals surface area contributed by atoms with Crippen molar-refractivity contribution in [2.24, 2.45) is 4.99 Å². The van der Waals surface area contributed by atoms with Crippen molar-refractivity contribution in [3.05, 3.63) is 35.7 Å². The van der Waals surface area contributed by atoms with E-state index in [9.17, 15) is 0 Å². The number of rotatable bonds is 9. The Morgan fingerprint density at radius 1 is 1.19 bits per heavy atom. The third-order valence-electron chi connectivity index (χ3n) is 3.73. The summed E-state index contributed by atoms with van der Waals surface area (Å²) in [6, 6.07) is 8.20. The summed E-state index contributed by atoms with van der Waals surface area (Å²) in [6.07, 6.45) is 2.63. The minimum Gasteiger partial charge on any atom is -0.385 e. The quantitative estimate of drug-likeness (QED) is 0.252. The number of hydrogen-bond donors (Lipinski definition) is 2. The molecule has 2 aromatic rings. The first-order valence-electron chi connectivity index (χ1n) is 8.62. The first-order chi connectivity index (χ1) is 12.3. The molecule has 1 aromatic heterocycles. The molecule has 2 N–H and O–H groups in total. The molecule has 0 bridgehead atoms. The number of aliphatic imine (C=N–C) groups is 1. The van der Waals surface area contributed by atoms with E-state index in [-0.39, 0.29) is 24.0 Å². The van der Waals surface area contributed by atoms with Gasteiger partial charge >= 0.3 is 0 Å². The van der Waals surface area contributed by atoms with Crippen LogP contribution in [0.3, 0.4) is 0 Å². The van der Waals surface area contributed by atoms with Crippen LogP contribution in [-0.4, -0.2) is 50.0 Å². The average molecular weight is 473 g/mol. The Hall–Kier alpha value is -1.68. The van der Waals surface area contributed by atoms with Crippen LogP contribution in [0.4, 0.5) is 0 Å². The van der Waals surface area contributed by atoms with Gasteiger partial charge in [-0.25, -0.2) is 0 Å². The van der Waals surface area contributed by atoms with Crippen LogP contribution >= 0.6 is 24.0 Å². The molecule has 1 aromatic carbocycles. The second-order valence-corrected chi connectivity index (χ2v) is 5.59. The van der Waals surface area contributed by atoms with Gasteiger partial charge in [0, 0.05) is 45.8 Å². The zero-order chi connectivity index (χ0) is 17.9. The molecule has 0 radical (unpaired) electrons. The first-order valence-corrected chi connectivity index (χ1v) is 8.62. The maximum atomic E-state index is 5.26. The van der Waals surface area contributed by atoms with Crippen molar-refractivity contribution in [2.45, 2.75) is 26.2 Å². The van der Waals surface area contributed by atoms with Gasteiger partial charge in [-0.3, -0.25) is 4.99 Å². The monoisotopic (exact) mass is 473 g/mol. The first kappa shape index (κ1) is 22.4. The van der Waals surface area contributed by atoms with E-state index in [1.807, 2.05) is 19.1 Å². The zero-order valence-electron chi connectivity index (χ0n) is 15.6. The Kier molecular flexibility index (Phi) is 10.9. The van der Waals surface area contributed by atoms with Crippen LogP contribution in [0.5, 0.6) is 0 Å². The van der Waals surface area contributed by atoms with Gasteiger partial charge in [0.15, 0.2) is 11.8 Å². The van der Waals surface area contributed by atoms with Crippen molar-refractivity contribution in [3.8, 4) is 11.5 Å². The summed E-state index contributed by atoms with van der Waals surface area (Å²) >= 11 is 0. The number of aryl methyl sites for hydroxylation is 1. The van der Waals surface area contributed by atoms with Crippen molar-refractivity contribution >= 4 is 29.9 Å². The third-order valence-corrected chi connectivity index (χ3v) is 3.73. The van der Waals surface area contributed by atoms with Gasteiger partial charge in [-0.05, 0) is 30.5 Å². The van der Waals surface area contributed by atoms with Gasteiger partial charge in [-0.2, -0.15) is 4.98 Å². The number of methoxy groups -OCH3 is 1. The van der Waals surface area contributed by atoms with Crippen molar-refractivity contribution in [1.82, 2.24) is 20.8 Å². The molecule has 0 saturated carbocycles. The van der Waals surface area contributed by atoms with Gasteiger partial charge < -0.3 is 19.9 Å². The molecule has 8 heteroatoms. The lowest BCUT2D eigenvalue weighted by Gasteiger charge is -2.11. The van der Waals surface area contributed by atoms with Gasteiger partial charge in [0.05, 0.1) is 0 Å². The fourth-order valence-electron chi connectivity index (χ4n) is 2.30. The van der Waals surface area contributed by atoms with Crippen molar-refractivity contribution < 1.29 is 9.26 Å². The van der Waals surface area contributed by atoms with Crippen molar-refractivity contribution in [2.75, 3.05) is 33.9 Å². The van der Waals surface area contributed by atoms with Gasteiger partial charge in [-0.1, -0.05) is 24.2 Å². The molecular weight excluding hydrogens is 445 g/mol. The number of hydrogen-bond acceptors (Lipinski definition) is 5. The number of aromatic nitrogens is 2. The number of halogens is 1. The fraction of sp³-hybridized carbons (Fsp3) is 0.500. The molecule has 0 aliphatic heterocycles. The second kappa shape index (κ2) is 12.6. The van der Waals surface area contributed by atoms with E-state index < -0.39 is 0 Å². The summed E-state index contributed by atoms with van der Waals surface area (Å²) < 4.78 is 10.3. The number of ether oxygens (including phenoxy) is 1. The highest BCUT2D eigenvalue weighted by Gasteiger charge is 2.07. The molecule has 0 spiro atoms. The fourth-order valence-corrected chi connectivity index (χ4v) is 2.30.